The molecule has 0 saturated heterocycles. The van der Waals surface area contributed by atoms with E-state index in [0.717, 1.165) is 24.0 Å². The molecule has 1 aromatic carbocycles. The van der Waals surface area contributed by atoms with E-state index < -0.39 is 10.0 Å². The fourth-order valence-corrected chi connectivity index (χ4v) is 4.75. The molecule has 0 aromatic heterocycles. The van der Waals surface area contributed by atoms with E-state index in [4.69, 9.17) is 11.6 Å². The smallest absolute Gasteiger partial charge is 0.207 e. The highest BCUT2D eigenvalue weighted by atomic mass is 35.5. The molecule has 1 fully saturated rings. The fraction of sp³-hybridized carbons (Fsp3) is 0.625. The lowest BCUT2D eigenvalue weighted by Crippen LogP contribution is -2.37. The molecule has 0 amide bonds. The zero-order valence-electron chi connectivity index (χ0n) is 12.8. The van der Waals surface area contributed by atoms with E-state index in [1.807, 2.05) is 26.0 Å². The van der Waals surface area contributed by atoms with Crippen molar-refractivity contribution in [3.05, 3.63) is 29.3 Å². The summed E-state index contributed by atoms with van der Waals surface area (Å²) >= 11 is 5.87. The molecule has 0 aliphatic heterocycles. The number of hydrogen-bond donors (Lipinski definition) is 0. The van der Waals surface area contributed by atoms with Gasteiger partial charge in [-0.3, -0.25) is 0 Å². The minimum atomic E-state index is -3.42. The SMILES string of the molecule is CCc1ccc(CCl)cc1S(=O)(=O)N(CC)CC1CCC1. The van der Waals surface area contributed by atoms with Crippen molar-refractivity contribution in [2.24, 2.45) is 5.92 Å². The summed E-state index contributed by atoms with van der Waals surface area (Å²) in [4.78, 5) is 0.435. The van der Waals surface area contributed by atoms with E-state index in [1.165, 1.54) is 6.42 Å². The van der Waals surface area contributed by atoms with Crippen LogP contribution in [0.3, 0.4) is 0 Å². The summed E-state index contributed by atoms with van der Waals surface area (Å²) in [5, 5.41) is 0. The lowest BCUT2D eigenvalue weighted by atomic mass is 9.85. The second-order valence-corrected chi connectivity index (χ2v) is 7.86. The highest BCUT2D eigenvalue weighted by Crippen LogP contribution is 2.30. The quantitative estimate of drug-likeness (QED) is 0.713. The Kier molecular flexibility index (Phi) is 5.69. The van der Waals surface area contributed by atoms with Gasteiger partial charge < -0.3 is 0 Å². The zero-order chi connectivity index (χ0) is 15.5. The third-order valence-corrected chi connectivity index (χ3v) is 6.66. The minimum Gasteiger partial charge on any atom is -0.207 e. The van der Waals surface area contributed by atoms with Crippen LogP contribution in [-0.4, -0.2) is 25.8 Å². The first-order chi connectivity index (χ1) is 10.0. The number of halogens is 1. The molecule has 0 atom stereocenters. The number of benzene rings is 1. The summed E-state index contributed by atoms with van der Waals surface area (Å²) in [5.74, 6) is 0.863. The van der Waals surface area contributed by atoms with E-state index in [-0.39, 0.29) is 0 Å². The molecular weight excluding hydrogens is 306 g/mol. The van der Waals surface area contributed by atoms with E-state index >= 15 is 0 Å². The predicted octanol–water partition coefficient (Wildman–Crippen LogP) is 3.80. The lowest BCUT2D eigenvalue weighted by Gasteiger charge is -2.31. The van der Waals surface area contributed by atoms with Gasteiger partial charge in [0.05, 0.1) is 4.90 Å². The summed E-state index contributed by atoms with van der Waals surface area (Å²) in [6.45, 7) is 5.06. The van der Waals surface area contributed by atoms with Crippen LogP contribution in [0.2, 0.25) is 0 Å². The molecule has 1 aliphatic rings. The normalized spacial score (nSPS) is 16.2. The number of alkyl halides is 1. The van der Waals surface area contributed by atoms with Gasteiger partial charge in [-0.25, -0.2) is 8.42 Å². The highest BCUT2D eigenvalue weighted by Gasteiger charge is 2.29. The second kappa shape index (κ2) is 7.12. The molecule has 3 nitrogen and oxygen atoms in total. The van der Waals surface area contributed by atoms with Crippen molar-refractivity contribution in [3.63, 3.8) is 0 Å². The summed E-state index contributed by atoms with van der Waals surface area (Å²) in [6, 6.07) is 5.54. The van der Waals surface area contributed by atoms with Gasteiger partial charge in [-0.2, -0.15) is 4.31 Å². The Morgan fingerprint density at radius 1 is 1.29 bits per heavy atom. The first-order valence-corrected chi connectivity index (χ1v) is 9.68. The van der Waals surface area contributed by atoms with Gasteiger partial charge in [-0.15, -0.1) is 11.6 Å². The van der Waals surface area contributed by atoms with Crippen molar-refractivity contribution in [2.75, 3.05) is 13.1 Å². The summed E-state index contributed by atoms with van der Waals surface area (Å²) < 4.78 is 27.6. The van der Waals surface area contributed by atoms with Crippen LogP contribution in [0.1, 0.15) is 44.2 Å². The maximum absolute atomic E-state index is 13.0. The molecule has 2 rings (SSSR count). The Balaban J connectivity index is 2.35. The zero-order valence-corrected chi connectivity index (χ0v) is 14.4. The van der Waals surface area contributed by atoms with Gasteiger partial charge in [0.15, 0.2) is 0 Å². The Morgan fingerprint density at radius 2 is 2.00 bits per heavy atom. The van der Waals surface area contributed by atoms with E-state index in [2.05, 4.69) is 0 Å². The maximum Gasteiger partial charge on any atom is 0.243 e. The minimum absolute atomic E-state index is 0.335. The number of hydrogen-bond acceptors (Lipinski definition) is 2. The molecule has 118 valence electrons. The molecule has 0 radical (unpaired) electrons. The third-order valence-electron chi connectivity index (χ3n) is 4.32. The van der Waals surface area contributed by atoms with Gasteiger partial charge in [0.25, 0.3) is 0 Å². The Morgan fingerprint density at radius 3 is 2.48 bits per heavy atom. The van der Waals surface area contributed by atoms with E-state index in [9.17, 15) is 8.42 Å². The molecule has 0 bridgehead atoms. The number of nitrogens with zero attached hydrogens (tertiary/aromatic N) is 1. The van der Waals surface area contributed by atoms with E-state index in [0.29, 0.717) is 36.2 Å². The van der Waals surface area contributed by atoms with E-state index in [1.54, 1.807) is 10.4 Å². The Bertz CT molecular complexity index is 582. The molecule has 21 heavy (non-hydrogen) atoms. The lowest BCUT2D eigenvalue weighted by molar-refractivity contribution is 0.250. The van der Waals surface area contributed by atoms with Crippen molar-refractivity contribution in [2.45, 2.75) is 50.3 Å². The summed E-state index contributed by atoms with van der Waals surface area (Å²) in [7, 11) is -3.42. The van der Waals surface area contributed by atoms with Crippen LogP contribution in [0.15, 0.2) is 23.1 Å². The molecule has 1 saturated carbocycles. The fourth-order valence-electron chi connectivity index (χ4n) is 2.71. The summed E-state index contributed by atoms with van der Waals surface area (Å²) in [6.07, 6.45) is 4.23. The van der Waals surface area contributed by atoms with Crippen LogP contribution in [0.5, 0.6) is 0 Å². The molecule has 1 aliphatic carbocycles. The van der Waals surface area contributed by atoms with Crippen LogP contribution >= 0.6 is 11.6 Å². The molecule has 0 spiro atoms. The van der Waals surface area contributed by atoms with Gasteiger partial charge in [-0.05, 0) is 42.4 Å². The third kappa shape index (κ3) is 3.61. The van der Waals surface area contributed by atoms with Gasteiger partial charge >= 0.3 is 0 Å². The van der Waals surface area contributed by atoms with Crippen molar-refractivity contribution in [1.82, 2.24) is 4.31 Å². The van der Waals surface area contributed by atoms with Crippen LogP contribution in [0.25, 0.3) is 0 Å². The van der Waals surface area contributed by atoms with Gasteiger partial charge in [-0.1, -0.05) is 32.4 Å². The van der Waals surface area contributed by atoms with Crippen molar-refractivity contribution in [1.29, 1.82) is 0 Å². The van der Waals surface area contributed by atoms with Crippen molar-refractivity contribution < 1.29 is 8.42 Å². The number of rotatable bonds is 7. The average molecular weight is 330 g/mol. The van der Waals surface area contributed by atoms with Crippen LogP contribution in [-0.2, 0) is 22.3 Å². The number of aryl methyl sites for hydroxylation is 1. The van der Waals surface area contributed by atoms with Gasteiger partial charge in [0.1, 0.15) is 0 Å². The largest absolute Gasteiger partial charge is 0.243 e. The van der Waals surface area contributed by atoms with Gasteiger partial charge in [0, 0.05) is 19.0 Å². The van der Waals surface area contributed by atoms with Crippen molar-refractivity contribution >= 4 is 21.6 Å². The van der Waals surface area contributed by atoms with Crippen LogP contribution < -0.4 is 0 Å². The average Bonchev–Trinajstić information content (AvgIpc) is 2.45. The van der Waals surface area contributed by atoms with Crippen molar-refractivity contribution in [3.8, 4) is 0 Å². The molecule has 1 aromatic rings. The Labute approximate surface area is 133 Å². The predicted molar refractivity (Wildman–Crippen MR) is 87.2 cm³/mol. The van der Waals surface area contributed by atoms with Crippen LogP contribution in [0, 0.1) is 5.92 Å². The molecular formula is C16H24ClNO2S. The highest BCUT2D eigenvalue weighted by molar-refractivity contribution is 7.89. The second-order valence-electron chi connectivity index (χ2n) is 5.68. The van der Waals surface area contributed by atoms with Crippen LogP contribution in [0.4, 0.5) is 0 Å². The van der Waals surface area contributed by atoms with Gasteiger partial charge in [0.2, 0.25) is 10.0 Å². The first kappa shape index (κ1) is 16.8. The molecule has 0 heterocycles. The standard InChI is InChI=1S/C16H24ClNO2S/c1-3-15-9-8-14(11-17)10-16(15)21(19,20)18(4-2)12-13-6-5-7-13/h8-10,13H,3-7,11-12H2,1-2H3. The molecule has 0 unspecified atom stereocenters. The number of sulfonamides is 1. The molecule has 5 heteroatoms. The molecule has 0 N–H and O–H groups in total. The maximum atomic E-state index is 13.0. The monoisotopic (exact) mass is 329 g/mol. The topological polar surface area (TPSA) is 37.4 Å². The summed E-state index contributed by atoms with van der Waals surface area (Å²) in [5.41, 5.74) is 1.73. The first-order valence-electron chi connectivity index (χ1n) is 7.70. The Hall–Kier alpha value is -0.580.